The first-order valence-corrected chi connectivity index (χ1v) is 7.21. The third-order valence-corrected chi connectivity index (χ3v) is 3.69. The minimum Gasteiger partial charge on any atom is -0.497 e. The number of nitrogens with one attached hydrogen (secondary N) is 1. The molecule has 3 rings (SSSR count). The molecule has 0 aliphatic rings. The second-order valence-corrected chi connectivity index (χ2v) is 5.12. The Labute approximate surface area is 137 Å². The number of hydrogen-bond donors (Lipinski definition) is 1. The Morgan fingerprint density at radius 2 is 1.67 bits per heavy atom. The van der Waals surface area contributed by atoms with Crippen molar-refractivity contribution < 1.29 is 14.5 Å². The Morgan fingerprint density at radius 1 is 1.00 bits per heavy atom. The third kappa shape index (κ3) is 2.89. The van der Waals surface area contributed by atoms with Crippen molar-refractivity contribution >= 4 is 28.1 Å². The number of methoxy groups -OCH3 is 1. The summed E-state index contributed by atoms with van der Waals surface area (Å²) in [6, 6.07) is 16.5. The molecule has 0 aromatic heterocycles. The van der Waals surface area contributed by atoms with Gasteiger partial charge in [-0.15, -0.1) is 0 Å². The summed E-state index contributed by atoms with van der Waals surface area (Å²) in [7, 11) is 1.57. The second-order valence-electron chi connectivity index (χ2n) is 5.12. The Morgan fingerprint density at radius 3 is 2.33 bits per heavy atom. The molecular formula is C18H14N2O4. The zero-order valence-corrected chi connectivity index (χ0v) is 12.9. The van der Waals surface area contributed by atoms with Crippen LogP contribution in [0.3, 0.4) is 0 Å². The third-order valence-electron chi connectivity index (χ3n) is 3.69. The van der Waals surface area contributed by atoms with Gasteiger partial charge >= 0.3 is 0 Å². The molecule has 0 aliphatic heterocycles. The average Bonchev–Trinajstić information content (AvgIpc) is 2.61. The largest absolute Gasteiger partial charge is 0.497 e. The average molecular weight is 322 g/mol. The van der Waals surface area contributed by atoms with Crippen LogP contribution in [0.15, 0.2) is 60.7 Å². The number of carbonyl (C=O) groups excluding carboxylic acids is 1. The number of benzene rings is 3. The first-order valence-electron chi connectivity index (χ1n) is 7.21. The van der Waals surface area contributed by atoms with E-state index in [2.05, 4.69) is 5.32 Å². The van der Waals surface area contributed by atoms with Gasteiger partial charge in [0.1, 0.15) is 5.75 Å². The lowest BCUT2D eigenvalue weighted by Crippen LogP contribution is -2.12. The molecule has 0 saturated carbocycles. The predicted molar refractivity (Wildman–Crippen MR) is 91.5 cm³/mol. The maximum atomic E-state index is 12.6. The van der Waals surface area contributed by atoms with Crippen LogP contribution in [0.1, 0.15) is 10.4 Å². The van der Waals surface area contributed by atoms with Crippen LogP contribution in [0, 0.1) is 10.1 Å². The number of carbonyl (C=O) groups is 1. The van der Waals surface area contributed by atoms with Gasteiger partial charge in [-0.25, -0.2) is 0 Å². The highest BCUT2D eigenvalue weighted by molar-refractivity contribution is 6.14. The molecule has 1 amide bonds. The van der Waals surface area contributed by atoms with E-state index < -0.39 is 4.92 Å². The molecule has 120 valence electrons. The molecular weight excluding hydrogens is 308 g/mol. The number of nitrogens with zero attached hydrogens (tertiary/aromatic N) is 1. The first kappa shape index (κ1) is 15.5. The number of anilines is 1. The van der Waals surface area contributed by atoms with Crippen LogP contribution >= 0.6 is 0 Å². The minimum atomic E-state index is -0.451. The molecule has 0 heterocycles. The quantitative estimate of drug-likeness (QED) is 0.581. The number of non-ortho nitro benzene ring substituents is 1. The van der Waals surface area contributed by atoms with Gasteiger partial charge in [0.15, 0.2) is 0 Å². The molecule has 24 heavy (non-hydrogen) atoms. The highest BCUT2D eigenvalue weighted by atomic mass is 16.6. The molecule has 0 radical (unpaired) electrons. The Kier molecular flexibility index (Phi) is 4.11. The lowest BCUT2D eigenvalue weighted by Gasteiger charge is -2.09. The molecule has 0 saturated heterocycles. The van der Waals surface area contributed by atoms with Crippen LogP contribution in [0.2, 0.25) is 0 Å². The fourth-order valence-corrected chi connectivity index (χ4v) is 2.52. The summed E-state index contributed by atoms with van der Waals surface area (Å²) in [5, 5.41) is 14.9. The van der Waals surface area contributed by atoms with Crippen molar-refractivity contribution in [2.75, 3.05) is 12.4 Å². The zero-order chi connectivity index (χ0) is 17.1. The fourth-order valence-electron chi connectivity index (χ4n) is 2.52. The van der Waals surface area contributed by atoms with E-state index in [0.717, 1.165) is 0 Å². The number of hydrogen-bond acceptors (Lipinski definition) is 4. The molecule has 6 nitrogen and oxygen atoms in total. The van der Waals surface area contributed by atoms with Crippen LogP contribution in [-0.4, -0.2) is 17.9 Å². The zero-order valence-electron chi connectivity index (χ0n) is 12.9. The Hall–Kier alpha value is -3.41. The minimum absolute atomic E-state index is 0.0217. The lowest BCUT2D eigenvalue weighted by molar-refractivity contribution is -0.383. The number of ether oxygens (including phenoxy) is 1. The van der Waals surface area contributed by atoms with Gasteiger partial charge in [-0.2, -0.15) is 0 Å². The normalized spacial score (nSPS) is 10.4. The van der Waals surface area contributed by atoms with E-state index in [-0.39, 0.29) is 11.6 Å². The van der Waals surface area contributed by atoms with Gasteiger partial charge in [0.25, 0.3) is 11.6 Å². The van der Waals surface area contributed by atoms with Crippen molar-refractivity contribution in [1.29, 1.82) is 0 Å². The molecule has 3 aromatic carbocycles. The molecule has 3 aromatic rings. The summed E-state index contributed by atoms with van der Waals surface area (Å²) in [6.07, 6.45) is 0. The topological polar surface area (TPSA) is 81.5 Å². The number of nitro benzene ring substituents is 1. The summed E-state index contributed by atoms with van der Waals surface area (Å²) < 4.78 is 5.08. The van der Waals surface area contributed by atoms with E-state index in [0.29, 0.717) is 27.8 Å². The molecule has 0 bridgehead atoms. The highest BCUT2D eigenvalue weighted by Gasteiger charge is 2.16. The van der Waals surface area contributed by atoms with Gasteiger partial charge in [-0.3, -0.25) is 14.9 Å². The van der Waals surface area contributed by atoms with Crippen LogP contribution < -0.4 is 10.1 Å². The van der Waals surface area contributed by atoms with E-state index in [1.165, 1.54) is 6.07 Å². The highest BCUT2D eigenvalue weighted by Crippen LogP contribution is 2.28. The Balaban J connectivity index is 1.97. The van der Waals surface area contributed by atoms with Gasteiger partial charge in [-0.05, 0) is 36.4 Å². The standard InChI is InChI=1S/C18H14N2O4/c1-24-13-10-8-12(9-11-13)19-18(21)16-6-2-5-15-14(16)4-3-7-17(15)20(22)23/h2-11H,1H3,(H,19,21). The van der Waals surface area contributed by atoms with Gasteiger partial charge < -0.3 is 10.1 Å². The lowest BCUT2D eigenvalue weighted by atomic mass is 10.0. The fraction of sp³-hybridized carbons (Fsp3) is 0.0556. The van der Waals surface area contributed by atoms with Crippen LogP contribution in [-0.2, 0) is 0 Å². The molecule has 0 unspecified atom stereocenters. The van der Waals surface area contributed by atoms with Crippen LogP contribution in [0.5, 0.6) is 5.75 Å². The molecule has 0 atom stereocenters. The maximum Gasteiger partial charge on any atom is 0.277 e. The van der Waals surface area contributed by atoms with Crippen molar-refractivity contribution in [3.8, 4) is 5.75 Å². The molecule has 6 heteroatoms. The van der Waals surface area contributed by atoms with Gasteiger partial charge in [0, 0.05) is 22.7 Å². The number of nitro groups is 1. The van der Waals surface area contributed by atoms with Crippen molar-refractivity contribution in [2.45, 2.75) is 0 Å². The van der Waals surface area contributed by atoms with Gasteiger partial charge in [-0.1, -0.05) is 18.2 Å². The maximum absolute atomic E-state index is 12.6. The smallest absolute Gasteiger partial charge is 0.277 e. The number of rotatable bonds is 4. The van der Waals surface area contributed by atoms with Crippen molar-refractivity contribution in [3.05, 3.63) is 76.3 Å². The van der Waals surface area contributed by atoms with Crippen molar-refractivity contribution in [1.82, 2.24) is 0 Å². The first-order chi connectivity index (χ1) is 11.6. The molecule has 0 spiro atoms. The van der Waals surface area contributed by atoms with E-state index in [4.69, 9.17) is 4.74 Å². The summed E-state index contributed by atoms with van der Waals surface area (Å²) in [6.45, 7) is 0. The summed E-state index contributed by atoms with van der Waals surface area (Å²) in [4.78, 5) is 23.2. The summed E-state index contributed by atoms with van der Waals surface area (Å²) >= 11 is 0. The monoisotopic (exact) mass is 322 g/mol. The van der Waals surface area contributed by atoms with Crippen LogP contribution in [0.4, 0.5) is 11.4 Å². The summed E-state index contributed by atoms with van der Waals surface area (Å²) in [5.41, 5.74) is 0.974. The van der Waals surface area contributed by atoms with E-state index >= 15 is 0 Å². The summed E-state index contributed by atoms with van der Waals surface area (Å²) in [5.74, 6) is 0.361. The number of amides is 1. The molecule has 1 N–H and O–H groups in total. The Bertz CT molecular complexity index is 920. The molecule has 0 aliphatic carbocycles. The SMILES string of the molecule is COc1ccc(NC(=O)c2cccc3c([N+](=O)[O-])cccc23)cc1. The van der Waals surface area contributed by atoms with Crippen molar-refractivity contribution in [3.63, 3.8) is 0 Å². The predicted octanol–water partition coefficient (Wildman–Crippen LogP) is 4.01. The molecule has 0 fully saturated rings. The van der Waals surface area contributed by atoms with E-state index in [9.17, 15) is 14.9 Å². The van der Waals surface area contributed by atoms with Crippen molar-refractivity contribution in [2.24, 2.45) is 0 Å². The van der Waals surface area contributed by atoms with Gasteiger partial charge in [0.2, 0.25) is 0 Å². The van der Waals surface area contributed by atoms with E-state index in [1.54, 1.807) is 61.7 Å². The second kappa shape index (κ2) is 6.37. The van der Waals surface area contributed by atoms with E-state index in [1.807, 2.05) is 0 Å². The number of fused-ring (bicyclic) bond motifs is 1. The van der Waals surface area contributed by atoms with Crippen LogP contribution in [0.25, 0.3) is 10.8 Å². The van der Waals surface area contributed by atoms with Gasteiger partial charge in [0.05, 0.1) is 17.4 Å².